The highest BCUT2D eigenvalue weighted by Crippen LogP contribution is 2.21. The number of aryl methyl sites for hydroxylation is 1. The van der Waals surface area contributed by atoms with E-state index < -0.39 is 5.82 Å². The maximum Gasteiger partial charge on any atom is 0.142 e. The number of benzene rings is 1. The Bertz CT molecular complexity index is 349. The Labute approximate surface area is 87.9 Å². The lowest BCUT2D eigenvalue weighted by Crippen LogP contribution is -2.02. The van der Waals surface area contributed by atoms with Gasteiger partial charge in [-0.1, -0.05) is 18.5 Å². The molecule has 1 aromatic carbocycles. The molecule has 3 heteroatoms. The van der Waals surface area contributed by atoms with Crippen LogP contribution in [-0.2, 0) is 11.2 Å². The number of aldehydes is 1. The molecule has 0 saturated carbocycles. The van der Waals surface area contributed by atoms with Gasteiger partial charge in [0.15, 0.2) is 0 Å². The Morgan fingerprint density at radius 3 is 2.79 bits per heavy atom. The first-order chi connectivity index (χ1) is 6.54. The molecule has 0 fully saturated rings. The van der Waals surface area contributed by atoms with Crippen LogP contribution < -0.4 is 0 Å². The van der Waals surface area contributed by atoms with Gasteiger partial charge in [0.1, 0.15) is 12.1 Å². The fourth-order valence-corrected chi connectivity index (χ4v) is 1.49. The Morgan fingerprint density at radius 2 is 2.21 bits per heavy atom. The van der Waals surface area contributed by atoms with Crippen LogP contribution in [0.5, 0.6) is 0 Å². The first kappa shape index (κ1) is 11.2. The van der Waals surface area contributed by atoms with E-state index in [-0.39, 0.29) is 10.9 Å². The zero-order valence-electron chi connectivity index (χ0n) is 8.18. The fraction of sp³-hybridized carbons (Fsp3) is 0.364. The molecule has 0 bridgehead atoms. The van der Waals surface area contributed by atoms with E-state index in [1.165, 1.54) is 6.07 Å². The summed E-state index contributed by atoms with van der Waals surface area (Å²) in [6.45, 7) is 3.63. The lowest BCUT2D eigenvalue weighted by Gasteiger charge is -2.08. The molecule has 0 amide bonds. The molecular weight excluding hydrogens is 203 g/mol. The molecule has 0 heterocycles. The van der Waals surface area contributed by atoms with Crippen LogP contribution in [0.1, 0.15) is 18.1 Å². The summed E-state index contributed by atoms with van der Waals surface area (Å²) in [5, 5.41) is 0.115. The molecule has 14 heavy (non-hydrogen) atoms. The average molecular weight is 215 g/mol. The fourth-order valence-electron chi connectivity index (χ4n) is 1.30. The minimum absolute atomic E-state index is 0.0600. The maximum atomic E-state index is 13.0. The van der Waals surface area contributed by atoms with Crippen molar-refractivity contribution in [3.8, 4) is 0 Å². The van der Waals surface area contributed by atoms with Crippen molar-refractivity contribution in [2.75, 3.05) is 0 Å². The largest absolute Gasteiger partial charge is 0.303 e. The number of carbonyl (C=O) groups is 1. The zero-order valence-corrected chi connectivity index (χ0v) is 8.94. The summed E-state index contributed by atoms with van der Waals surface area (Å²) in [6, 6.07) is 2.99. The normalized spacial score (nSPS) is 12.6. The van der Waals surface area contributed by atoms with Gasteiger partial charge in [-0.3, -0.25) is 0 Å². The highest BCUT2D eigenvalue weighted by molar-refractivity contribution is 6.30. The van der Waals surface area contributed by atoms with Crippen LogP contribution in [0.25, 0.3) is 0 Å². The van der Waals surface area contributed by atoms with Crippen molar-refractivity contribution in [2.24, 2.45) is 5.92 Å². The van der Waals surface area contributed by atoms with Gasteiger partial charge in [-0.2, -0.15) is 0 Å². The molecule has 1 unspecified atom stereocenters. The summed E-state index contributed by atoms with van der Waals surface area (Å²) in [7, 11) is 0. The highest BCUT2D eigenvalue weighted by atomic mass is 35.5. The van der Waals surface area contributed by atoms with Crippen molar-refractivity contribution in [3.05, 3.63) is 34.1 Å². The van der Waals surface area contributed by atoms with Crippen molar-refractivity contribution < 1.29 is 9.18 Å². The number of halogens is 2. The molecule has 1 rings (SSSR count). The molecule has 0 saturated heterocycles. The summed E-state index contributed by atoms with van der Waals surface area (Å²) in [4.78, 5) is 10.5. The van der Waals surface area contributed by atoms with E-state index in [9.17, 15) is 9.18 Å². The Morgan fingerprint density at radius 1 is 1.57 bits per heavy atom. The Balaban J connectivity index is 2.97. The lowest BCUT2D eigenvalue weighted by atomic mass is 9.98. The summed E-state index contributed by atoms with van der Waals surface area (Å²) in [5.74, 6) is -0.470. The smallest absolute Gasteiger partial charge is 0.142 e. The van der Waals surface area contributed by atoms with Crippen LogP contribution in [0.3, 0.4) is 0 Å². The monoisotopic (exact) mass is 214 g/mol. The van der Waals surface area contributed by atoms with E-state index in [4.69, 9.17) is 11.6 Å². The van der Waals surface area contributed by atoms with Gasteiger partial charge in [-0.15, -0.1) is 0 Å². The molecule has 0 aromatic heterocycles. The first-order valence-corrected chi connectivity index (χ1v) is 4.82. The summed E-state index contributed by atoms with van der Waals surface area (Å²) < 4.78 is 13.0. The van der Waals surface area contributed by atoms with Crippen LogP contribution in [0.15, 0.2) is 12.1 Å². The molecule has 0 aliphatic heterocycles. The lowest BCUT2D eigenvalue weighted by molar-refractivity contribution is -0.110. The summed E-state index contributed by atoms with van der Waals surface area (Å²) in [5.41, 5.74) is 1.76. The van der Waals surface area contributed by atoms with E-state index in [1.54, 1.807) is 6.07 Å². The van der Waals surface area contributed by atoms with Gasteiger partial charge in [-0.05, 0) is 36.6 Å². The predicted molar refractivity (Wildman–Crippen MR) is 55.1 cm³/mol. The highest BCUT2D eigenvalue weighted by Gasteiger charge is 2.08. The molecule has 1 atom stereocenters. The van der Waals surface area contributed by atoms with Gasteiger partial charge in [-0.25, -0.2) is 4.39 Å². The third-order valence-electron chi connectivity index (χ3n) is 2.15. The van der Waals surface area contributed by atoms with Crippen LogP contribution >= 0.6 is 11.6 Å². The number of rotatable bonds is 3. The van der Waals surface area contributed by atoms with Crippen molar-refractivity contribution in [3.63, 3.8) is 0 Å². The second-order valence-electron chi connectivity index (χ2n) is 3.51. The van der Waals surface area contributed by atoms with Gasteiger partial charge in [0.25, 0.3) is 0 Å². The SMILES string of the molecule is Cc1cc(F)c(Cl)cc1CC(C)C=O. The topological polar surface area (TPSA) is 17.1 Å². The average Bonchev–Trinajstić information content (AvgIpc) is 2.14. The summed E-state index contributed by atoms with van der Waals surface area (Å²) in [6.07, 6.45) is 1.49. The quantitative estimate of drug-likeness (QED) is 0.707. The third-order valence-corrected chi connectivity index (χ3v) is 2.44. The second-order valence-corrected chi connectivity index (χ2v) is 3.92. The van der Waals surface area contributed by atoms with E-state index >= 15 is 0 Å². The van der Waals surface area contributed by atoms with Crippen LogP contribution in [0.4, 0.5) is 4.39 Å². The number of hydrogen-bond donors (Lipinski definition) is 0. The Hall–Kier alpha value is -0.890. The van der Waals surface area contributed by atoms with Crippen LogP contribution in [0.2, 0.25) is 5.02 Å². The number of hydrogen-bond acceptors (Lipinski definition) is 1. The van der Waals surface area contributed by atoms with E-state index in [0.717, 1.165) is 17.4 Å². The molecule has 1 aromatic rings. The van der Waals surface area contributed by atoms with Gasteiger partial charge < -0.3 is 4.79 Å². The molecular formula is C11H12ClFO. The van der Waals surface area contributed by atoms with Gasteiger partial charge >= 0.3 is 0 Å². The van der Waals surface area contributed by atoms with Gasteiger partial charge in [0.2, 0.25) is 0 Å². The predicted octanol–water partition coefficient (Wildman–Crippen LogP) is 3.17. The van der Waals surface area contributed by atoms with Crippen molar-refractivity contribution in [2.45, 2.75) is 20.3 Å². The van der Waals surface area contributed by atoms with E-state index in [1.807, 2.05) is 13.8 Å². The van der Waals surface area contributed by atoms with Crippen LogP contribution in [-0.4, -0.2) is 6.29 Å². The number of carbonyl (C=O) groups excluding carboxylic acids is 1. The van der Waals surface area contributed by atoms with Crippen molar-refractivity contribution >= 4 is 17.9 Å². The molecule has 1 nitrogen and oxygen atoms in total. The molecule has 0 radical (unpaired) electrons. The standard InChI is InChI=1S/C11H12ClFO/c1-7(6-14)3-9-5-10(12)11(13)4-8(9)2/h4-7H,3H2,1-2H3. The minimum atomic E-state index is -0.410. The zero-order chi connectivity index (χ0) is 10.7. The molecule has 0 aliphatic carbocycles. The third kappa shape index (κ3) is 2.55. The Kier molecular flexibility index (Phi) is 3.64. The van der Waals surface area contributed by atoms with Gasteiger partial charge in [0.05, 0.1) is 5.02 Å². The molecule has 0 N–H and O–H groups in total. The maximum absolute atomic E-state index is 13.0. The first-order valence-electron chi connectivity index (χ1n) is 4.44. The molecule has 0 spiro atoms. The van der Waals surface area contributed by atoms with Crippen molar-refractivity contribution in [1.82, 2.24) is 0 Å². The minimum Gasteiger partial charge on any atom is -0.303 e. The molecule has 0 aliphatic rings. The molecule has 76 valence electrons. The van der Waals surface area contributed by atoms with E-state index in [0.29, 0.717) is 6.42 Å². The second kappa shape index (κ2) is 4.56. The summed E-state index contributed by atoms with van der Waals surface area (Å²) >= 11 is 5.65. The van der Waals surface area contributed by atoms with Gasteiger partial charge in [0, 0.05) is 5.92 Å². The van der Waals surface area contributed by atoms with Crippen LogP contribution in [0, 0.1) is 18.7 Å². The van der Waals surface area contributed by atoms with E-state index in [2.05, 4.69) is 0 Å². The van der Waals surface area contributed by atoms with Crippen molar-refractivity contribution in [1.29, 1.82) is 0 Å².